The van der Waals surface area contributed by atoms with E-state index < -0.39 is 0 Å². The predicted octanol–water partition coefficient (Wildman–Crippen LogP) is 4.12. The van der Waals surface area contributed by atoms with Gasteiger partial charge in [-0.3, -0.25) is 9.69 Å². The normalized spacial score (nSPS) is 14.1. The number of hydrogen-bond donors (Lipinski definition) is 1. The van der Waals surface area contributed by atoms with E-state index in [9.17, 15) is 9.18 Å². The average molecular weight is 382 g/mol. The standard InChI is InChI=1S/C22H23FN2O3/c1-14-3-8-18(27-14)11-24-22(26)21-15(2)28-20-9-10-25(13-19(20)21)12-16-4-6-17(23)7-5-16/h3-8H,9-13H2,1-2H3,(H,24,26). The summed E-state index contributed by atoms with van der Waals surface area (Å²) in [5, 5.41) is 2.92. The summed E-state index contributed by atoms with van der Waals surface area (Å²) < 4.78 is 24.5. The van der Waals surface area contributed by atoms with Gasteiger partial charge in [0.05, 0.1) is 12.1 Å². The molecule has 0 spiro atoms. The van der Waals surface area contributed by atoms with Crippen LogP contribution in [0.4, 0.5) is 4.39 Å². The summed E-state index contributed by atoms with van der Waals surface area (Å²) in [7, 11) is 0. The largest absolute Gasteiger partial charge is 0.465 e. The van der Waals surface area contributed by atoms with Gasteiger partial charge in [-0.25, -0.2) is 4.39 Å². The molecular formula is C22H23FN2O3. The molecule has 0 radical (unpaired) electrons. The summed E-state index contributed by atoms with van der Waals surface area (Å²) in [5.74, 6) is 2.67. The fourth-order valence-corrected chi connectivity index (χ4v) is 3.70. The van der Waals surface area contributed by atoms with Crippen LogP contribution in [0.2, 0.25) is 0 Å². The van der Waals surface area contributed by atoms with Gasteiger partial charge in [0.15, 0.2) is 0 Å². The molecule has 0 atom stereocenters. The number of halogens is 1. The summed E-state index contributed by atoms with van der Waals surface area (Å²) in [4.78, 5) is 15.1. The van der Waals surface area contributed by atoms with Crippen LogP contribution in [0.1, 0.15) is 44.5 Å². The molecular weight excluding hydrogens is 359 g/mol. The Morgan fingerprint density at radius 1 is 1.14 bits per heavy atom. The number of nitrogens with zero attached hydrogens (tertiary/aromatic N) is 1. The maximum Gasteiger partial charge on any atom is 0.255 e. The third kappa shape index (κ3) is 3.87. The molecule has 2 aromatic heterocycles. The Bertz CT molecular complexity index is 988. The second kappa shape index (κ2) is 7.64. The SMILES string of the molecule is Cc1ccc(CNC(=O)c2c(C)oc3c2CN(Cc2ccc(F)cc2)CC3)o1. The van der Waals surface area contributed by atoms with Crippen LogP contribution >= 0.6 is 0 Å². The first-order chi connectivity index (χ1) is 13.5. The summed E-state index contributed by atoms with van der Waals surface area (Å²) in [6.07, 6.45) is 0.752. The zero-order chi connectivity index (χ0) is 19.7. The van der Waals surface area contributed by atoms with Gasteiger partial charge in [-0.1, -0.05) is 12.1 Å². The number of furan rings is 2. The van der Waals surface area contributed by atoms with Gasteiger partial charge in [-0.15, -0.1) is 0 Å². The molecule has 0 bridgehead atoms. The molecule has 1 aliphatic rings. The number of rotatable bonds is 5. The fourth-order valence-electron chi connectivity index (χ4n) is 3.70. The highest BCUT2D eigenvalue weighted by Crippen LogP contribution is 2.29. The van der Waals surface area contributed by atoms with Gasteiger partial charge in [0, 0.05) is 31.6 Å². The fraction of sp³-hybridized carbons (Fsp3) is 0.318. The van der Waals surface area contributed by atoms with Gasteiger partial charge in [0.1, 0.15) is 28.9 Å². The topological polar surface area (TPSA) is 58.6 Å². The number of fused-ring (bicyclic) bond motifs is 1. The molecule has 4 rings (SSSR count). The van der Waals surface area contributed by atoms with Crippen molar-refractivity contribution in [1.82, 2.24) is 10.2 Å². The highest BCUT2D eigenvalue weighted by Gasteiger charge is 2.28. The van der Waals surface area contributed by atoms with Crippen LogP contribution in [-0.2, 0) is 26.1 Å². The second-order valence-electron chi connectivity index (χ2n) is 7.22. The van der Waals surface area contributed by atoms with Crippen molar-refractivity contribution in [3.63, 3.8) is 0 Å². The highest BCUT2D eigenvalue weighted by molar-refractivity contribution is 5.97. The molecule has 0 saturated carbocycles. The van der Waals surface area contributed by atoms with E-state index in [0.717, 1.165) is 41.4 Å². The molecule has 1 amide bonds. The molecule has 3 aromatic rings. The minimum Gasteiger partial charge on any atom is -0.465 e. The maximum absolute atomic E-state index is 13.1. The first-order valence-corrected chi connectivity index (χ1v) is 9.41. The van der Waals surface area contributed by atoms with Crippen LogP contribution in [0.3, 0.4) is 0 Å². The van der Waals surface area contributed by atoms with Crippen LogP contribution in [0.5, 0.6) is 0 Å². The monoisotopic (exact) mass is 382 g/mol. The van der Waals surface area contributed by atoms with E-state index in [2.05, 4.69) is 10.2 Å². The van der Waals surface area contributed by atoms with E-state index in [4.69, 9.17) is 8.83 Å². The van der Waals surface area contributed by atoms with Crippen LogP contribution in [-0.4, -0.2) is 17.4 Å². The molecule has 0 unspecified atom stereocenters. The predicted molar refractivity (Wildman–Crippen MR) is 102 cm³/mol. The van der Waals surface area contributed by atoms with E-state index in [0.29, 0.717) is 31.0 Å². The lowest BCUT2D eigenvalue weighted by Gasteiger charge is -2.26. The van der Waals surface area contributed by atoms with Gasteiger partial charge in [0.2, 0.25) is 0 Å². The molecule has 28 heavy (non-hydrogen) atoms. The second-order valence-corrected chi connectivity index (χ2v) is 7.22. The summed E-state index contributed by atoms with van der Waals surface area (Å²) >= 11 is 0. The first kappa shape index (κ1) is 18.5. The quantitative estimate of drug-likeness (QED) is 0.721. The molecule has 1 aliphatic heterocycles. The summed E-state index contributed by atoms with van der Waals surface area (Å²) in [6.45, 7) is 6.21. The Morgan fingerprint density at radius 2 is 1.93 bits per heavy atom. The van der Waals surface area contributed by atoms with E-state index in [1.165, 1.54) is 12.1 Å². The molecule has 146 valence electrons. The van der Waals surface area contributed by atoms with Gasteiger partial charge in [0.25, 0.3) is 5.91 Å². The van der Waals surface area contributed by atoms with Gasteiger partial charge in [-0.05, 0) is 43.7 Å². The molecule has 0 aliphatic carbocycles. The lowest BCUT2D eigenvalue weighted by atomic mass is 10.0. The number of nitrogens with one attached hydrogen (secondary N) is 1. The number of hydrogen-bond acceptors (Lipinski definition) is 4. The van der Waals surface area contributed by atoms with E-state index >= 15 is 0 Å². The summed E-state index contributed by atoms with van der Waals surface area (Å²) in [6, 6.07) is 10.3. The van der Waals surface area contributed by atoms with Crippen molar-refractivity contribution in [3.05, 3.63) is 81.9 Å². The number of carbonyl (C=O) groups is 1. The van der Waals surface area contributed by atoms with E-state index in [1.807, 2.05) is 26.0 Å². The summed E-state index contributed by atoms with van der Waals surface area (Å²) in [5.41, 5.74) is 2.60. The third-order valence-electron chi connectivity index (χ3n) is 5.07. The van der Waals surface area contributed by atoms with Crippen LogP contribution in [0.15, 0.2) is 45.2 Å². The van der Waals surface area contributed by atoms with Crippen molar-refractivity contribution in [2.45, 2.75) is 39.9 Å². The van der Waals surface area contributed by atoms with Crippen molar-refractivity contribution in [2.24, 2.45) is 0 Å². The minimum atomic E-state index is -0.235. The minimum absolute atomic E-state index is 0.153. The smallest absolute Gasteiger partial charge is 0.255 e. The molecule has 6 heteroatoms. The molecule has 1 N–H and O–H groups in total. The van der Waals surface area contributed by atoms with Gasteiger partial charge in [-0.2, -0.15) is 0 Å². The number of aryl methyl sites for hydroxylation is 2. The Labute approximate surface area is 163 Å². The van der Waals surface area contributed by atoms with E-state index in [-0.39, 0.29) is 11.7 Å². The zero-order valence-corrected chi connectivity index (χ0v) is 16.0. The number of carbonyl (C=O) groups excluding carboxylic acids is 1. The number of benzene rings is 1. The average Bonchev–Trinajstić information content (AvgIpc) is 3.23. The molecule has 5 nitrogen and oxygen atoms in total. The molecule has 0 saturated heterocycles. The Morgan fingerprint density at radius 3 is 2.64 bits per heavy atom. The van der Waals surface area contributed by atoms with Crippen LogP contribution < -0.4 is 5.32 Å². The van der Waals surface area contributed by atoms with Crippen molar-refractivity contribution in [3.8, 4) is 0 Å². The van der Waals surface area contributed by atoms with Crippen molar-refractivity contribution in [2.75, 3.05) is 6.54 Å². The zero-order valence-electron chi connectivity index (χ0n) is 16.0. The third-order valence-corrected chi connectivity index (χ3v) is 5.07. The maximum atomic E-state index is 13.1. The van der Waals surface area contributed by atoms with Gasteiger partial charge >= 0.3 is 0 Å². The van der Waals surface area contributed by atoms with Crippen molar-refractivity contribution < 1.29 is 18.0 Å². The van der Waals surface area contributed by atoms with Crippen molar-refractivity contribution >= 4 is 5.91 Å². The molecule has 1 aromatic carbocycles. The molecule has 0 fully saturated rings. The lowest BCUT2D eigenvalue weighted by Crippen LogP contribution is -2.31. The van der Waals surface area contributed by atoms with E-state index in [1.54, 1.807) is 12.1 Å². The molecule has 3 heterocycles. The Hall–Kier alpha value is -2.86. The first-order valence-electron chi connectivity index (χ1n) is 9.41. The van der Waals surface area contributed by atoms with Crippen LogP contribution in [0, 0.1) is 19.7 Å². The Balaban J connectivity index is 1.47. The van der Waals surface area contributed by atoms with Gasteiger partial charge < -0.3 is 14.2 Å². The highest BCUT2D eigenvalue weighted by atomic mass is 19.1. The Kier molecular flexibility index (Phi) is 5.05. The number of amides is 1. The lowest BCUT2D eigenvalue weighted by molar-refractivity contribution is 0.0944. The van der Waals surface area contributed by atoms with Crippen molar-refractivity contribution in [1.29, 1.82) is 0 Å². The van der Waals surface area contributed by atoms with Crippen LogP contribution in [0.25, 0.3) is 0 Å².